The normalized spacial score (nSPS) is 27.9. The Balaban J connectivity index is 1.84. The molecule has 0 radical (unpaired) electrons. The van der Waals surface area contributed by atoms with E-state index < -0.39 is 49.0 Å². The van der Waals surface area contributed by atoms with Gasteiger partial charge in [-0.1, -0.05) is 12.1 Å². The zero-order valence-electron chi connectivity index (χ0n) is 16.2. The maximum Gasteiger partial charge on any atom is 0.407 e. The van der Waals surface area contributed by atoms with Gasteiger partial charge in [0.1, 0.15) is 35.8 Å². The third kappa shape index (κ3) is 6.32. The summed E-state index contributed by atoms with van der Waals surface area (Å²) in [6.07, 6.45) is -6.53. The predicted octanol–water partition coefficient (Wildman–Crippen LogP) is -0.0675. The smallest absolute Gasteiger partial charge is 0.407 e. The first kappa shape index (κ1) is 22.4. The summed E-state index contributed by atoms with van der Waals surface area (Å²) in [5.41, 5.74) is 0.394. The van der Waals surface area contributed by atoms with Crippen molar-refractivity contribution in [1.29, 1.82) is 0 Å². The molecule has 1 amide bonds. The summed E-state index contributed by atoms with van der Waals surface area (Å²) < 4.78 is 16.0. The Bertz CT molecular complexity index is 628. The summed E-state index contributed by atoms with van der Waals surface area (Å²) in [6.45, 7) is 5.26. The van der Waals surface area contributed by atoms with Gasteiger partial charge in [-0.25, -0.2) is 4.79 Å². The topological polar surface area (TPSA) is 138 Å². The van der Waals surface area contributed by atoms with Crippen molar-refractivity contribution in [1.82, 2.24) is 5.32 Å². The molecule has 9 heteroatoms. The van der Waals surface area contributed by atoms with Crippen LogP contribution in [0.4, 0.5) is 4.79 Å². The van der Waals surface area contributed by atoms with Gasteiger partial charge in [0.15, 0.2) is 0 Å². The van der Waals surface area contributed by atoms with Gasteiger partial charge in [0.25, 0.3) is 0 Å². The highest BCUT2D eigenvalue weighted by Gasteiger charge is 2.44. The van der Waals surface area contributed by atoms with Crippen LogP contribution in [0, 0.1) is 0 Å². The van der Waals surface area contributed by atoms with E-state index in [0.717, 1.165) is 5.56 Å². The number of alkyl carbamates (subject to hydrolysis) is 1. The minimum Gasteiger partial charge on any atom is -0.462 e. The van der Waals surface area contributed by atoms with E-state index in [2.05, 4.69) is 5.32 Å². The zero-order valence-corrected chi connectivity index (χ0v) is 16.2. The molecule has 1 saturated heterocycles. The van der Waals surface area contributed by atoms with Gasteiger partial charge in [0, 0.05) is 6.54 Å². The van der Waals surface area contributed by atoms with Crippen molar-refractivity contribution in [3.63, 3.8) is 0 Å². The number of hydrogen-bond acceptors (Lipinski definition) is 8. The fourth-order valence-corrected chi connectivity index (χ4v) is 2.66. The van der Waals surface area contributed by atoms with Gasteiger partial charge in [-0.05, 0) is 44.9 Å². The largest absolute Gasteiger partial charge is 0.462 e. The molecule has 5 atom stereocenters. The van der Waals surface area contributed by atoms with Crippen LogP contribution >= 0.6 is 0 Å². The highest BCUT2D eigenvalue weighted by atomic mass is 16.7. The van der Waals surface area contributed by atoms with E-state index in [1.54, 1.807) is 45.0 Å². The second-order valence-corrected chi connectivity index (χ2v) is 7.64. The lowest BCUT2D eigenvalue weighted by atomic mass is 9.99. The third-order valence-corrected chi connectivity index (χ3v) is 4.11. The summed E-state index contributed by atoms with van der Waals surface area (Å²) in [6, 6.07) is 6.89. The van der Waals surface area contributed by atoms with E-state index >= 15 is 0 Å². The van der Waals surface area contributed by atoms with Gasteiger partial charge in [0.05, 0.1) is 6.61 Å². The standard InChI is InChI=1S/C19H29NO8/c1-19(2,3)28-18(25)20-9-8-11-4-6-12(7-5-11)26-17-16(24)15(23)14(22)13(10-21)27-17/h4-7,13-17,21-24H,8-10H2,1-3H3,(H,20,25)/t13-,14-,15+,16-,17-/m1/s1. The van der Waals surface area contributed by atoms with Crippen molar-refractivity contribution in [3.05, 3.63) is 29.8 Å². The summed E-state index contributed by atoms with van der Waals surface area (Å²) in [7, 11) is 0. The van der Waals surface area contributed by atoms with Crippen molar-refractivity contribution >= 4 is 6.09 Å². The molecular weight excluding hydrogens is 370 g/mol. The van der Waals surface area contributed by atoms with Crippen LogP contribution < -0.4 is 10.1 Å². The SMILES string of the molecule is CC(C)(C)OC(=O)NCCc1ccc(O[C@@H]2O[C@H](CO)[C@@H](O)[C@H](O)[C@H]2O)cc1. The monoisotopic (exact) mass is 399 g/mol. The number of rotatable bonds is 6. The van der Waals surface area contributed by atoms with Gasteiger partial charge >= 0.3 is 6.09 Å². The number of nitrogens with one attached hydrogen (secondary N) is 1. The molecule has 2 rings (SSSR count). The average molecular weight is 399 g/mol. The molecule has 9 nitrogen and oxygen atoms in total. The van der Waals surface area contributed by atoms with Crippen LogP contribution in [0.2, 0.25) is 0 Å². The first-order valence-electron chi connectivity index (χ1n) is 9.13. The number of aliphatic hydroxyl groups is 4. The molecule has 158 valence electrons. The quantitative estimate of drug-likeness (QED) is 0.448. The minimum absolute atomic E-state index is 0.383. The highest BCUT2D eigenvalue weighted by molar-refractivity contribution is 5.67. The molecule has 1 fully saturated rings. The van der Waals surface area contributed by atoms with Gasteiger partial charge in [-0.2, -0.15) is 0 Å². The molecule has 0 aromatic heterocycles. The maximum atomic E-state index is 11.6. The Morgan fingerprint density at radius 3 is 2.32 bits per heavy atom. The molecule has 0 bridgehead atoms. The minimum atomic E-state index is -1.49. The van der Waals surface area contributed by atoms with Crippen molar-refractivity contribution in [2.45, 2.75) is 63.5 Å². The van der Waals surface area contributed by atoms with Crippen LogP contribution in [-0.2, 0) is 15.9 Å². The summed E-state index contributed by atoms with van der Waals surface area (Å²) >= 11 is 0. The van der Waals surface area contributed by atoms with E-state index in [4.69, 9.17) is 14.2 Å². The second-order valence-electron chi connectivity index (χ2n) is 7.64. The molecular formula is C19H29NO8. The number of hydrogen-bond donors (Lipinski definition) is 5. The Labute approximate surface area is 163 Å². The molecule has 1 aromatic rings. The fraction of sp³-hybridized carbons (Fsp3) is 0.632. The molecule has 5 N–H and O–H groups in total. The van der Waals surface area contributed by atoms with Gasteiger partial charge in [-0.15, -0.1) is 0 Å². The Morgan fingerprint density at radius 2 is 1.75 bits per heavy atom. The van der Waals surface area contributed by atoms with Crippen molar-refractivity contribution < 1.29 is 39.4 Å². The number of ether oxygens (including phenoxy) is 3. The van der Waals surface area contributed by atoms with Crippen LogP contribution in [0.15, 0.2) is 24.3 Å². The third-order valence-electron chi connectivity index (χ3n) is 4.11. The van der Waals surface area contributed by atoms with Crippen molar-refractivity contribution in [3.8, 4) is 5.75 Å². The molecule has 1 heterocycles. The number of carbonyl (C=O) groups excluding carboxylic acids is 1. The lowest BCUT2D eigenvalue weighted by molar-refractivity contribution is -0.277. The van der Waals surface area contributed by atoms with E-state index in [9.17, 15) is 25.2 Å². The highest BCUT2D eigenvalue weighted by Crippen LogP contribution is 2.24. The predicted molar refractivity (Wildman–Crippen MR) is 98.8 cm³/mol. The molecule has 0 spiro atoms. The van der Waals surface area contributed by atoms with E-state index in [1.165, 1.54) is 0 Å². The number of benzene rings is 1. The van der Waals surface area contributed by atoms with Crippen molar-refractivity contribution in [2.75, 3.05) is 13.2 Å². The van der Waals surface area contributed by atoms with Crippen LogP contribution in [0.5, 0.6) is 5.75 Å². The summed E-state index contributed by atoms with van der Waals surface area (Å²) in [5.74, 6) is 0.383. The first-order valence-corrected chi connectivity index (χ1v) is 9.13. The molecule has 1 aliphatic heterocycles. The van der Waals surface area contributed by atoms with Gasteiger partial charge in [0.2, 0.25) is 6.29 Å². The molecule has 1 aliphatic rings. The Kier molecular flexibility index (Phi) is 7.62. The molecule has 0 aliphatic carbocycles. The maximum absolute atomic E-state index is 11.6. The first-order chi connectivity index (χ1) is 13.1. The summed E-state index contributed by atoms with van der Waals surface area (Å²) in [5, 5.41) is 41.4. The summed E-state index contributed by atoms with van der Waals surface area (Å²) in [4.78, 5) is 11.6. The molecule has 1 aromatic carbocycles. The average Bonchev–Trinajstić information content (AvgIpc) is 2.62. The fourth-order valence-electron chi connectivity index (χ4n) is 2.66. The van der Waals surface area contributed by atoms with Crippen molar-refractivity contribution in [2.24, 2.45) is 0 Å². The Morgan fingerprint density at radius 1 is 1.11 bits per heavy atom. The number of aliphatic hydroxyl groups excluding tert-OH is 4. The second kappa shape index (κ2) is 9.53. The van der Waals surface area contributed by atoms with Gasteiger partial charge in [-0.3, -0.25) is 0 Å². The van der Waals surface area contributed by atoms with Crippen LogP contribution in [-0.4, -0.2) is 76.0 Å². The zero-order chi connectivity index (χ0) is 20.9. The lowest BCUT2D eigenvalue weighted by Gasteiger charge is -2.39. The van der Waals surface area contributed by atoms with Crippen LogP contribution in [0.1, 0.15) is 26.3 Å². The van der Waals surface area contributed by atoms with E-state index in [-0.39, 0.29) is 0 Å². The molecule has 0 unspecified atom stereocenters. The van der Waals surface area contributed by atoms with Crippen LogP contribution in [0.25, 0.3) is 0 Å². The van der Waals surface area contributed by atoms with Gasteiger partial charge < -0.3 is 40.0 Å². The molecule has 0 saturated carbocycles. The molecule has 28 heavy (non-hydrogen) atoms. The number of amides is 1. The Hall–Kier alpha value is -1.91. The van der Waals surface area contributed by atoms with Crippen LogP contribution in [0.3, 0.4) is 0 Å². The lowest BCUT2D eigenvalue weighted by Crippen LogP contribution is -2.60. The number of carbonyl (C=O) groups is 1. The van der Waals surface area contributed by atoms with E-state index in [0.29, 0.717) is 18.7 Å². The van der Waals surface area contributed by atoms with E-state index in [1.807, 2.05) is 0 Å².